The molecule has 0 unspecified atom stereocenters. The molecule has 2 fully saturated rings. The van der Waals surface area contributed by atoms with Gasteiger partial charge in [-0.05, 0) is 60.7 Å². The number of carbonyl (C=O) groups is 1. The van der Waals surface area contributed by atoms with E-state index in [9.17, 15) is 4.79 Å². The predicted molar refractivity (Wildman–Crippen MR) is 139 cm³/mol. The van der Waals surface area contributed by atoms with E-state index in [0.29, 0.717) is 31.0 Å². The molecule has 0 radical (unpaired) electrons. The number of rotatable bonds is 6. The standard InChI is InChI=1S/C30H35N3O2/c1-22-9-3-4-11-26(22)23-12-14-24(15-13-23)30-27-20-32(29(34)19-25-10-5-6-16-31-25)17-7-8-18-33(27)28(30)21-35-2/h3-6,9-16,27-28,30H,7-8,17-21H2,1-2H3/t27-,28+,30+/m0/s1. The number of pyridine rings is 1. The molecule has 2 aliphatic rings. The lowest BCUT2D eigenvalue weighted by atomic mass is 9.74. The molecular weight excluding hydrogens is 434 g/mol. The Morgan fingerprint density at radius 1 is 1.00 bits per heavy atom. The highest BCUT2D eigenvalue weighted by molar-refractivity contribution is 5.78. The van der Waals surface area contributed by atoms with Gasteiger partial charge in [0.15, 0.2) is 0 Å². The van der Waals surface area contributed by atoms with Gasteiger partial charge in [0.1, 0.15) is 0 Å². The van der Waals surface area contributed by atoms with Crippen LogP contribution in [0.25, 0.3) is 11.1 Å². The van der Waals surface area contributed by atoms with Crippen LogP contribution in [-0.4, -0.2) is 66.1 Å². The van der Waals surface area contributed by atoms with Crippen LogP contribution < -0.4 is 0 Å². The molecule has 0 bridgehead atoms. The molecule has 35 heavy (non-hydrogen) atoms. The summed E-state index contributed by atoms with van der Waals surface area (Å²) in [6, 6.07) is 24.0. The van der Waals surface area contributed by atoms with Gasteiger partial charge in [0.25, 0.3) is 0 Å². The summed E-state index contributed by atoms with van der Waals surface area (Å²) in [6.07, 6.45) is 4.26. The zero-order valence-corrected chi connectivity index (χ0v) is 20.8. The van der Waals surface area contributed by atoms with Crippen molar-refractivity contribution in [3.63, 3.8) is 0 Å². The number of aromatic nitrogens is 1. The number of benzene rings is 2. The molecule has 0 N–H and O–H groups in total. The van der Waals surface area contributed by atoms with Crippen molar-refractivity contribution in [3.8, 4) is 11.1 Å². The maximum Gasteiger partial charge on any atom is 0.228 e. The molecule has 5 nitrogen and oxygen atoms in total. The summed E-state index contributed by atoms with van der Waals surface area (Å²) in [5.41, 5.74) is 5.99. The van der Waals surface area contributed by atoms with Gasteiger partial charge in [0.05, 0.1) is 13.0 Å². The molecule has 0 saturated carbocycles. The largest absolute Gasteiger partial charge is 0.383 e. The smallest absolute Gasteiger partial charge is 0.228 e. The molecule has 5 heteroatoms. The normalized spacial score (nSPS) is 22.6. The third-order valence-electron chi connectivity index (χ3n) is 7.68. The van der Waals surface area contributed by atoms with Gasteiger partial charge in [-0.15, -0.1) is 0 Å². The lowest BCUT2D eigenvalue weighted by molar-refractivity contribution is -0.136. The molecule has 3 aromatic rings. The number of aryl methyl sites for hydroxylation is 1. The van der Waals surface area contributed by atoms with E-state index in [-0.39, 0.29) is 5.91 Å². The molecule has 2 aliphatic heterocycles. The van der Waals surface area contributed by atoms with Crippen molar-refractivity contribution in [2.45, 2.75) is 44.2 Å². The molecule has 0 spiro atoms. The summed E-state index contributed by atoms with van der Waals surface area (Å²) < 4.78 is 5.65. The lowest BCUT2D eigenvalue weighted by Crippen LogP contribution is -2.68. The minimum absolute atomic E-state index is 0.175. The maximum atomic E-state index is 13.2. The highest BCUT2D eigenvalue weighted by Crippen LogP contribution is 2.42. The summed E-state index contributed by atoms with van der Waals surface area (Å²) in [5.74, 6) is 0.526. The number of nitrogens with zero attached hydrogens (tertiary/aromatic N) is 3. The first kappa shape index (κ1) is 23.7. The van der Waals surface area contributed by atoms with Gasteiger partial charge >= 0.3 is 0 Å². The fourth-order valence-electron chi connectivity index (χ4n) is 5.87. The van der Waals surface area contributed by atoms with Gasteiger partial charge in [-0.1, -0.05) is 54.6 Å². The summed E-state index contributed by atoms with van der Waals surface area (Å²) >= 11 is 0. The Labute approximate surface area is 208 Å². The Balaban J connectivity index is 1.37. The van der Waals surface area contributed by atoms with Gasteiger partial charge in [-0.25, -0.2) is 0 Å². The zero-order chi connectivity index (χ0) is 24.2. The highest BCUT2D eigenvalue weighted by Gasteiger charge is 2.49. The lowest BCUT2D eigenvalue weighted by Gasteiger charge is -2.57. The van der Waals surface area contributed by atoms with E-state index in [1.54, 1.807) is 13.3 Å². The second kappa shape index (κ2) is 10.7. The third kappa shape index (κ3) is 5.02. The number of amides is 1. The van der Waals surface area contributed by atoms with Crippen LogP contribution in [0.5, 0.6) is 0 Å². The quantitative estimate of drug-likeness (QED) is 0.525. The van der Waals surface area contributed by atoms with Crippen molar-refractivity contribution >= 4 is 5.91 Å². The predicted octanol–water partition coefficient (Wildman–Crippen LogP) is 4.70. The second-order valence-electron chi connectivity index (χ2n) is 9.84. The first-order valence-electron chi connectivity index (χ1n) is 12.7. The van der Waals surface area contributed by atoms with Crippen LogP contribution in [0.15, 0.2) is 72.9 Å². The number of fused-ring (bicyclic) bond motifs is 1. The zero-order valence-electron chi connectivity index (χ0n) is 20.8. The summed E-state index contributed by atoms with van der Waals surface area (Å²) in [4.78, 5) is 22.2. The van der Waals surface area contributed by atoms with E-state index >= 15 is 0 Å². The van der Waals surface area contributed by atoms with E-state index in [4.69, 9.17) is 4.74 Å². The summed E-state index contributed by atoms with van der Waals surface area (Å²) in [7, 11) is 1.79. The Morgan fingerprint density at radius 2 is 1.77 bits per heavy atom. The monoisotopic (exact) mass is 469 g/mol. The molecule has 5 rings (SSSR count). The van der Waals surface area contributed by atoms with Crippen LogP contribution in [-0.2, 0) is 16.0 Å². The van der Waals surface area contributed by atoms with Crippen LogP contribution in [0.1, 0.15) is 35.6 Å². The first-order valence-corrected chi connectivity index (χ1v) is 12.7. The van der Waals surface area contributed by atoms with E-state index in [0.717, 1.165) is 38.2 Å². The van der Waals surface area contributed by atoms with Crippen molar-refractivity contribution in [1.29, 1.82) is 0 Å². The van der Waals surface area contributed by atoms with Crippen LogP contribution in [0, 0.1) is 6.92 Å². The summed E-state index contributed by atoms with van der Waals surface area (Å²) in [5, 5.41) is 0. The Kier molecular flexibility index (Phi) is 7.26. The topological polar surface area (TPSA) is 45.7 Å². The van der Waals surface area contributed by atoms with Crippen LogP contribution in [0.3, 0.4) is 0 Å². The molecule has 3 atom stereocenters. The fraction of sp³-hybridized carbons (Fsp3) is 0.400. The van der Waals surface area contributed by atoms with Crippen molar-refractivity contribution in [2.75, 3.05) is 33.4 Å². The van der Waals surface area contributed by atoms with E-state index in [1.807, 2.05) is 18.2 Å². The van der Waals surface area contributed by atoms with Crippen molar-refractivity contribution in [2.24, 2.45) is 0 Å². The molecule has 2 aromatic carbocycles. The van der Waals surface area contributed by atoms with E-state index in [2.05, 4.69) is 70.2 Å². The molecular formula is C30H35N3O2. The van der Waals surface area contributed by atoms with Gasteiger partial charge in [-0.2, -0.15) is 0 Å². The van der Waals surface area contributed by atoms with E-state index in [1.165, 1.54) is 22.3 Å². The molecule has 182 valence electrons. The number of methoxy groups -OCH3 is 1. The molecule has 3 heterocycles. The number of hydrogen-bond acceptors (Lipinski definition) is 4. The third-order valence-corrected chi connectivity index (χ3v) is 7.68. The Morgan fingerprint density at radius 3 is 2.51 bits per heavy atom. The fourth-order valence-corrected chi connectivity index (χ4v) is 5.87. The Hall–Kier alpha value is -3.02. The maximum absolute atomic E-state index is 13.2. The average molecular weight is 470 g/mol. The van der Waals surface area contributed by atoms with E-state index < -0.39 is 0 Å². The Bertz CT molecular complexity index is 1130. The summed E-state index contributed by atoms with van der Waals surface area (Å²) in [6.45, 7) is 5.52. The van der Waals surface area contributed by atoms with Gasteiger partial charge in [0, 0.05) is 50.1 Å². The molecule has 1 amide bonds. The number of carbonyl (C=O) groups excluding carboxylic acids is 1. The van der Waals surface area contributed by atoms with Crippen LogP contribution in [0.2, 0.25) is 0 Å². The SMILES string of the molecule is COC[C@@H]1[C@H](c2ccc(-c3ccccc3C)cc2)[C@@H]2CN(C(=O)Cc3ccccn3)CCCCN12. The number of ether oxygens (including phenoxy) is 1. The molecule has 0 aliphatic carbocycles. The van der Waals surface area contributed by atoms with Gasteiger partial charge in [0.2, 0.25) is 5.91 Å². The van der Waals surface area contributed by atoms with Crippen LogP contribution >= 0.6 is 0 Å². The van der Waals surface area contributed by atoms with Gasteiger partial charge in [-0.3, -0.25) is 14.7 Å². The first-order chi connectivity index (χ1) is 17.2. The average Bonchev–Trinajstić information content (AvgIpc) is 2.86. The minimum Gasteiger partial charge on any atom is -0.383 e. The molecule has 2 saturated heterocycles. The molecule has 1 aromatic heterocycles. The highest BCUT2D eigenvalue weighted by atomic mass is 16.5. The van der Waals surface area contributed by atoms with Crippen molar-refractivity contribution < 1.29 is 9.53 Å². The van der Waals surface area contributed by atoms with Crippen molar-refractivity contribution in [1.82, 2.24) is 14.8 Å². The number of hydrogen-bond donors (Lipinski definition) is 0. The van der Waals surface area contributed by atoms with Crippen LogP contribution in [0.4, 0.5) is 0 Å². The van der Waals surface area contributed by atoms with Gasteiger partial charge < -0.3 is 9.64 Å². The minimum atomic E-state index is 0.175. The van der Waals surface area contributed by atoms with Crippen molar-refractivity contribution in [3.05, 3.63) is 89.7 Å². The second-order valence-corrected chi connectivity index (χ2v) is 9.84.